The molecule has 1 heterocycles. The fraction of sp³-hybridized carbons (Fsp3) is 0.688. The molecule has 1 aromatic heterocycles. The van der Waals surface area contributed by atoms with E-state index in [4.69, 9.17) is 4.42 Å². The minimum atomic E-state index is 0.568. The van der Waals surface area contributed by atoms with Crippen LogP contribution in [0.2, 0.25) is 0 Å². The van der Waals surface area contributed by atoms with E-state index in [1.54, 1.807) is 6.26 Å². The topological polar surface area (TPSA) is 52.8 Å². The molecule has 1 aromatic rings. The molecule has 0 aliphatic carbocycles. The summed E-state index contributed by atoms with van der Waals surface area (Å²) in [4.78, 5) is 6.88. The first-order valence-corrected chi connectivity index (χ1v) is 7.88. The van der Waals surface area contributed by atoms with Gasteiger partial charge in [-0.25, -0.2) is 4.99 Å². The molecule has 0 amide bonds. The normalized spacial score (nSPS) is 12.2. The number of hydrogen-bond donors (Lipinski definition) is 2. The van der Waals surface area contributed by atoms with Gasteiger partial charge in [-0.2, -0.15) is 0 Å². The van der Waals surface area contributed by atoms with E-state index in [9.17, 15) is 0 Å². The van der Waals surface area contributed by atoms with E-state index in [0.717, 1.165) is 37.8 Å². The van der Waals surface area contributed by atoms with Crippen molar-refractivity contribution in [3.8, 4) is 0 Å². The highest BCUT2D eigenvalue weighted by molar-refractivity contribution is 5.79. The predicted molar refractivity (Wildman–Crippen MR) is 88.5 cm³/mol. The van der Waals surface area contributed by atoms with E-state index < -0.39 is 0 Å². The van der Waals surface area contributed by atoms with E-state index >= 15 is 0 Å². The molecular weight excluding hydrogens is 264 g/mol. The van der Waals surface area contributed by atoms with Crippen LogP contribution >= 0.6 is 0 Å². The first kappa shape index (κ1) is 17.6. The second kappa shape index (κ2) is 10.3. The number of furan rings is 1. The molecule has 2 N–H and O–H groups in total. The van der Waals surface area contributed by atoms with Crippen molar-refractivity contribution >= 4 is 5.96 Å². The monoisotopic (exact) mass is 294 g/mol. The molecule has 120 valence electrons. The van der Waals surface area contributed by atoms with Crippen molar-refractivity contribution < 1.29 is 4.42 Å². The van der Waals surface area contributed by atoms with Gasteiger partial charge >= 0.3 is 0 Å². The molecule has 0 spiro atoms. The van der Waals surface area contributed by atoms with Crippen molar-refractivity contribution in [2.45, 2.75) is 46.2 Å². The van der Waals surface area contributed by atoms with Crippen LogP contribution in [0.15, 0.2) is 27.8 Å². The van der Waals surface area contributed by atoms with Gasteiger partial charge in [0.1, 0.15) is 12.3 Å². The Balaban J connectivity index is 2.23. The molecule has 0 saturated carbocycles. The van der Waals surface area contributed by atoms with Crippen LogP contribution in [0.4, 0.5) is 0 Å². The van der Waals surface area contributed by atoms with Crippen molar-refractivity contribution in [1.29, 1.82) is 0 Å². The SMILES string of the molecule is CCNC(=NCc1ccco1)NCCCCN(C)C(C)C. The second-order valence-electron chi connectivity index (χ2n) is 5.48. The third-order valence-corrected chi connectivity index (χ3v) is 3.43. The number of rotatable bonds is 9. The standard InChI is InChI=1S/C16H30N4O/c1-5-17-16(19-13-15-9-8-12-21-15)18-10-6-7-11-20(4)14(2)3/h8-9,12,14H,5-7,10-11,13H2,1-4H3,(H2,17,18,19). The quantitative estimate of drug-likeness (QED) is 0.417. The minimum absolute atomic E-state index is 0.568. The Morgan fingerprint density at radius 2 is 2.14 bits per heavy atom. The third kappa shape index (κ3) is 7.75. The molecule has 0 aliphatic rings. The molecule has 0 aromatic carbocycles. The Kier molecular flexibility index (Phi) is 8.59. The van der Waals surface area contributed by atoms with Gasteiger partial charge in [0.05, 0.1) is 6.26 Å². The lowest BCUT2D eigenvalue weighted by molar-refractivity contribution is 0.268. The average Bonchev–Trinajstić information content (AvgIpc) is 2.97. The Hall–Kier alpha value is -1.49. The van der Waals surface area contributed by atoms with Crippen molar-refractivity contribution in [1.82, 2.24) is 15.5 Å². The second-order valence-corrected chi connectivity index (χ2v) is 5.48. The maximum atomic E-state index is 5.29. The molecule has 0 bridgehead atoms. The first-order chi connectivity index (χ1) is 10.1. The zero-order chi connectivity index (χ0) is 15.5. The Morgan fingerprint density at radius 1 is 1.33 bits per heavy atom. The van der Waals surface area contributed by atoms with Crippen molar-refractivity contribution in [3.63, 3.8) is 0 Å². The lowest BCUT2D eigenvalue weighted by Crippen LogP contribution is -2.38. The molecule has 0 radical (unpaired) electrons. The number of nitrogens with one attached hydrogen (secondary N) is 2. The van der Waals surface area contributed by atoms with Gasteiger partial charge in [0.15, 0.2) is 5.96 Å². The molecule has 0 saturated heterocycles. The van der Waals surface area contributed by atoms with E-state index in [-0.39, 0.29) is 0 Å². The summed E-state index contributed by atoms with van der Waals surface area (Å²) >= 11 is 0. The van der Waals surface area contributed by atoms with Crippen molar-refractivity contribution in [2.24, 2.45) is 4.99 Å². The minimum Gasteiger partial charge on any atom is -0.467 e. The number of unbranched alkanes of at least 4 members (excludes halogenated alkanes) is 1. The summed E-state index contributed by atoms with van der Waals surface area (Å²) in [6.45, 7) is 10.0. The molecule has 0 aliphatic heterocycles. The molecular formula is C16H30N4O. The third-order valence-electron chi connectivity index (χ3n) is 3.43. The van der Waals surface area contributed by atoms with Gasteiger partial charge in [-0.1, -0.05) is 0 Å². The summed E-state index contributed by atoms with van der Waals surface area (Å²) in [7, 11) is 2.17. The van der Waals surface area contributed by atoms with Crippen molar-refractivity contribution in [2.75, 3.05) is 26.7 Å². The van der Waals surface area contributed by atoms with Crippen molar-refractivity contribution in [3.05, 3.63) is 24.2 Å². The summed E-state index contributed by atoms with van der Waals surface area (Å²) in [5.41, 5.74) is 0. The van der Waals surface area contributed by atoms with Crippen LogP contribution in [0.1, 0.15) is 39.4 Å². The van der Waals surface area contributed by atoms with Gasteiger partial charge in [-0.3, -0.25) is 0 Å². The molecule has 21 heavy (non-hydrogen) atoms. The summed E-state index contributed by atoms with van der Waals surface area (Å²) in [5, 5.41) is 6.61. The molecule has 0 unspecified atom stereocenters. The fourth-order valence-electron chi connectivity index (χ4n) is 1.85. The van der Waals surface area contributed by atoms with Gasteiger partial charge in [0.25, 0.3) is 0 Å². The molecule has 0 fully saturated rings. The zero-order valence-electron chi connectivity index (χ0n) is 13.9. The van der Waals surface area contributed by atoms with Crippen LogP contribution in [0, 0.1) is 0 Å². The fourth-order valence-corrected chi connectivity index (χ4v) is 1.85. The summed E-state index contributed by atoms with van der Waals surface area (Å²) in [6.07, 6.45) is 4.01. The largest absolute Gasteiger partial charge is 0.467 e. The number of hydrogen-bond acceptors (Lipinski definition) is 3. The Bertz CT molecular complexity index is 387. The van der Waals surface area contributed by atoms with E-state index in [1.165, 1.54) is 6.42 Å². The number of nitrogens with zero attached hydrogens (tertiary/aromatic N) is 2. The Labute approximate surface area is 128 Å². The Morgan fingerprint density at radius 3 is 2.76 bits per heavy atom. The van der Waals surface area contributed by atoms with E-state index in [1.807, 2.05) is 12.1 Å². The highest BCUT2D eigenvalue weighted by Gasteiger charge is 2.02. The lowest BCUT2D eigenvalue weighted by Gasteiger charge is -2.20. The van der Waals surface area contributed by atoms with Gasteiger partial charge in [0.2, 0.25) is 0 Å². The highest BCUT2D eigenvalue weighted by atomic mass is 16.3. The van der Waals surface area contributed by atoms with Gasteiger partial charge in [0, 0.05) is 19.1 Å². The average molecular weight is 294 g/mol. The summed E-state index contributed by atoms with van der Waals surface area (Å²) in [5.74, 6) is 1.73. The molecule has 0 atom stereocenters. The van der Waals surface area contributed by atoms with E-state index in [0.29, 0.717) is 12.6 Å². The van der Waals surface area contributed by atoms with Gasteiger partial charge < -0.3 is 20.0 Å². The number of aliphatic imine (C=N–C) groups is 1. The predicted octanol–water partition coefficient (Wildman–Crippen LogP) is 2.46. The molecule has 5 nitrogen and oxygen atoms in total. The van der Waals surface area contributed by atoms with Crippen LogP contribution in [0.5, 0.6) is 0 Å². The van der Waals surface area contributed by atoms with Crippen LogP contribution in [0.3, 0.4) is 0 Å². The van der Waals surface area contributed by atoms with Crippen LogP contribution < -0.4 is 10.6 Å². The van der Waals surface area contributed by atoms with Crippen LogP contribution in [-0.2, 0) is 6.54 Å². The van der Waals surface area contributed by atoms with Crippen LogP contribution in [-0.4, -0.2) is 43.6 Å². The maximum absolute atomic E-state index is 5.29. The maximum Gasteiger partial charge on any atom is 0.191 e. The van der Waals surface area contributed by atoms with E-state index in [2.05, 4.69) is 48.3 Å². The number of guanidine groups is 1. The smallest absolute Gasteiger partial charge is 0.191 e. The molecule has 1 rings (SSSR count). The first-order valence-electron chi connectivity index (χ1n) is 7.88. The van der Waals surface area contributed by atoms with Gasteiger partial charge in [-0.15, -0.1) is 0 Å². The highest BCUT2D eigenvalue weighted by Crippen LogP contribution is 2.01. The zero-order valence-corrected chi connectivity index (χ0v) is 13.9. The summed E-state index contributed by atoms with van der Waals surface area (Å²) < 4.78 is 5.29. The molecule has 5 heteroatoms. The lowest BCUT2D eigenvalue weighted by atomic mass is 10.2. The van der Waals surface area contributed by atoms with Crippen LogP contribution in [0.25, 0.3) is 0 Å². The summed E-state index contributed by atoms with van der Waals surface area (Å²) in [6, 6.07) is 4.44. The van der Waals surface area contributed by atoms with Gasteiger partial charge in [-0.05, 0) is 59.3 Å².